The molecule has 0 saturated heterocycles. The SMILES string of the molecule is Cn1cc(C(=O)OS(=O)O)nc1OCC(F)(F)F. The summed E-state index contributed by atoms with van der Waals surface area (Å²) in [6.07, 6.45) is -3.54. The first kappa shape index (κ1) is 14.4. The second-order valence-corrected chi connectivity index (χ2v) is 3.61. The van der Waals surface area contributed by atoms with Gasteiger partial charge in [-0.2, -0.15) is 22.4 Å². The lowest BCUT2D eigenvalue weighted by Crippen LogP contribution is -2.20. The van der Waals surface area contributed by atoms with Crippen molar-refractivity contribution in [2.45, 2.75) is 6.18 Å². The van der Waals surface area contributed by atoms with Crippen molar-refractivity contribution in [2.75, 3.05) is 6.61 Å². The first-order valence-electron chi connectivity index (χ1n) is 4.25. The Morgan fingerprint density at radius 3 is 2.72 bits per heavy atom. The Hall–Kier alpha value is -1.62. The van der Waals surface area contributed by atoms with Crippen LogP contribution in [-0.2, 0) is 22.6 Å². The third-order valence-electron chi connectivity index (χ3n) is 1.55. The van der Waals surface area contributed by atoms with Crippen molar-refractivity contribution >= 4 is 17.3 Å². The van der Waals surface area contributed by atoms with Crippen molar-refractivity contribution in [3.8, 4) is 6.01 Å². The third-order valence-corrected chi connectivity index (χ3v) is 1.85. The molecule has 18 heavy (non-hydrogen) atoms. The molecule has 0 spiro atoms. The Labute approximate surface area is 101 Å². The number of aromatic nitrogens is 2. The summed E-state index contributed by atoms with van der Waals surface area (Å²) in [6, 6.07) is -0.469. The van der Waals surface area contributed by atoms with Crippen LogP contribution in [0.4, 0.5) is 13.2 Å². The molecule has 0 aliphatic rings. The van der Waals surface area contributed by atoms with Crippen LogP contribution in [0.15, 0.2) is 6.20 Å². The molecule has 0 fully saturated rings. The lowest BCUT2D eigenvalue weighted by Gasteiger charge is -2.07. The van der Waals surface area contributed by atoms with Gasteiger partial charge in [0.25, 0.3) is 6.01 Å². The highest BCUT2D eigenvalue weighted by Gasteiger charge is 2.29. The van der Waals surface area contributed by atoms with Gasteiger partial charge in [0.05, 0.1) is 0 Å². The minimum Gasteiger partial charge on any atom is -0.455 e. The van der Waals surface area contributed by atoms with Crippen LogP contribution in [0.1, 0.15) is 10.5 Å². The summed E-state index contributed by atoms with van der Waals surface area (Å²) < 4.78 is 63.3. The van der Waals surface area contributed by atoms with Gasteiger partial charge < -0.3 is 13.5 Å². The van der Waals surface area contributed by atoms with Gasteiger partial charge in [-0.05, 0) is 0 Å². The van der Waals surface area contributed by atoms with Crippen LogP contribution in [0.25, 0.3) is 0 Å². The predicted molar refractivity (Wildman–Crippen MR) is 50.9 cm³/mol. The Balaban J connectivity index is 2.75. The molecule has 1 aromatic rings. The molecule has 1 atom stereocenters. The Morgan fingerprint density at radius 2 is 2.22 bits per heavy atom. The molecule has 1 aromatic heterocycles. The van der Waals surface area contributed by atoms with Crippen LogP contribution in [0.2, 0.25) is 0 Å². The summed E-state index contributed by atoms with van der Waals surface area (Å²) >= 11 is -2.83. The van der Waals surface area contributed by atoms with Crippen molar-refractivity contribution in [3.63, 3.8) is 0 Å². The van der Waals surface area contributed by atoms with E-state index < -0.39 is 41.8 Å². The van der Waals surface area contributed by atoms with E-state index in [-0.39, 0.29) is 0 Å². The van der Waals surface area contributed by atoms with E-state index in [2.05, 4.69) is 13.9 Å². The molecule has 0 bridgehead atoms. The van der Waals surface area contributed by atoms with Gasteiger partial charge >= 0.3 is 23.5 Å². The van der Waals surface area contributed by atoms with E-state index in [0.717, 1.165) is 10.8 Å². The molecular formula is C7H7F3N2O5S. The van der Waals surface area contributed by atoms with Gasteiger partial charge in [0.15, 0.2) is 12.3 Å². The van der Waals surface area contributed by atoms with Gasteiger partial charge in [-0.3, -0.25) is 4.55 Å². The highest BCUT2D eigenvalue weighted by atomic mass is 32.2. The Kier molecular flexibility index (Phi) is 4.29. The number of halogens is 3. The number of rotatable bonds is 4. The lowest BCUT2D eigenvalue weighted by molar-refractivity contribution is -0.155. The van der Waals surface area contributed by atoms with Gasteiger partial charge in [-0.25, -0.2) is 4.79 Å². The molecule has 0 aromatic carbocycles. The summed E-state index contributed by atoms with van der Waals surface area (Å²) in [5, 5.41) is 0. The molecule has 11 heteroatoms. The summed E-state index contributed by atoms with van der Waals surface area (Å²) in [5.41, 5.74) is -0.447. The second-order valence-electron chi connectivity index (χ2n) is 3.01. The number of carbonyl (C=O) groups is 1. The zero-order valence-electron chi connectivity index (χ0n) is 8.80. The summed E-state index contributed by atoms with van der Waals surface area (Å²) in [6.45, 7) is -1.57. The van der Waals surface area contributed by atoms with Crippen molar-refractivity contribution in [1.29, 1.82) is 0 Å². The third kappa shape index (κ3) is 4.33. The van der Waals surface area contributed by atoms with Crippen LogP contribution in [0, 0.1) is 0 Å². The fraction of sp³-hybridized carbons (Fsp3) is 0.429. The van der Waals surface area contributed by atoms with E-state index in [9.17, 15) is 22.2 Å². The molecule has 1 N–H and O–H groups in total. The molecule has 1 heterocycles. The van der Waals surface area contributed by atoms with Crippen LogP contribution in [0.5, 0.6) is 6.01 Å². The molecule has 0 aliphatic carbocycles. The number of nitrogens with zero attached hydrogens (tertiary/aromatic N) is 2. The number of aryl methyl sites for hydroxylation is 1. The van der Waals surface area contributed by atoms with E-state index in [0.29, 0.717) is 0 Å². The van der Waals surface area contributed by atoms with Crippen molar-refractivity contribution in [3.05, 3.63) is 11.9 Å². The largest absolute Gasteiger partial charge is 0.455 e. The van der Waals surface area contributed by atoms with Crippen molar-refractivity contribution in [2.24, 2.45) is 7.05 Å². The topological polar surface area (TPSA) is 90.7 Å². The van der Waals surface area contributed by atoms with Crippen LogP contribution >= 0.6 is 0 Å². The Morgan fingerprint density at radius 1 is 1.61 bits per heavy atom. The molecule has 1 rings (SSSR count). The molecule has 0 amide bonds. The maximum absolute atomic E-state index is 11.9. The van der Waals surface area contributed by atoms with Crippen LogP contribution in [0.3, 0.4) is 0 Å². The summed E-state index contributed by atoms with van der Waals surface area (Å²) in [4.78, 5) is 14.5. The van der Waals surface area contributed by atoms with E-state index in [1.807, 2.05) is 0 Å². The first-order valence-corrected chi connectivity index (χ1v) is 5.28. The maximum Gasteiger partial charge on any atom is 0.422 e. The quantitative estimate of drug-likeness (QED) is 0.818. The molecule has 102 valence electrons. The standard InChI is InChI=1S/C7H7F3N2O5S/c1-12-2-4(5(13)17-18(14)15)11-6(12)16-3-7(8,9)10/h2H,3H2,1H3,(H,14,15). The minimum atomic E-state index is -4.54. The maximum atomic E-state index is 11.9. The molecule has 0 radical (unpaired) electrons. The molecular weight excluding hydrogens is 281 g/mol. The highest BCUT2D eigenvalue weighted by molar-refractivity contribution is 7.74. The second kappa shape index (κ2) is 5.35. The summed E-state index contributed by atoms with van der Waals surface area (Å²) in [5.74, 6) is -1.26. The molecule has 0 saturated carbocycles. The van der Waals surface area contributed by atoms with Gasteiger partial charge in [0.2, 0.25) is 0 Å². The number of ether oxygens (including phenoxy) is 1. The van der Waals surface area contributed by atoms with Gasteiger partial charge in [-0.15, -0.1) is 0 Å². The fourth-order valence-electron chi connectivity index (χ4n) is 0.936. The fourth-order valence-corrected chi connectivity index (χ4v) is 1.15. The van der Waals surface area contributed by atoms with Gasteiger partial charge in [0, 0.05) is 13.2 Å². The average Bonchev–Trinajstić information content (AvgIpc) is 2.55. The molecule has 0 aliphatic heterocycles. The van der Waals surface area contributed by atoms with Gasteiger partial charge in [-0.1, -0.05) is 0 Å². The number of alkyl halides is 3. The molecule has 1 unspecified atom stereocenters. The number of hydrogen-bond acceptors (Lipinski definition) is 5. The van der Waals surface area contributed by atoms with E-state index in [1.54, 1.807) is 0 Å². The minimum absolute atomic E-state index is 0.447. The Bertz CT molecular complexity index is 472. The van der Waals surface area contributed by atoms with Crippen LogP contribution in [-0.4, -0.2) is 37.1 Å². The first-order chi connectivity index (χ1) is 8.19. The normalized spacial score (nSPS) is 13.2. The molecule has 7 nitrogen and oxygen atoms in total. The monoisotopic (exact) mass is 288 g/mol. The smallest absolute Gasteiger partial charge is 0.422 e. The van der Waals surface area contributed by atoms with E-state index >= 15 is 0 Å². The number of imidazole rings is 1. The van der Waals surface area contributed by atoms with Crippen molar-refractivity contribution < 1.29 is 35.6 Å². The zero-order valence-corrected chi connectivity index (χ0v) is 9.62. The lowest BCUT2D eigenvalue weighted by atomic mass is 10.5. The van der Waals surface area contributed by atoms with Gasteiger partial charge in [0.1, 0.15) is 0 Å². The predicted octanol–water partition coefficient (Wildman–Crippen LogP) is 0.655. The van der Waals surface area contributed by atoms with E-state index in [1.165, 1.54) is 7.05 Å². The summed E-state index contributed by atoms with van der Waals surface area (Å²) in [7, 11) is 1.28. The average molecular weight is 288 g/mol. The van der Waals surface area contributed by atoms with Crippen molar-refractivity contribution in [1.82, 2.24) is 9.55 Å². The van der Waals surface area contributed by atoms with E-state index in [4.69, 9.17) is 4.55 Å². The number of carbonyl (C=O) groups excluding carboxylic acids is 1. The number of hydrogen-bond donors (Lipinski definition) is 1. The highest BCUT2D eigenvalue weighted by Crippen LogP contribution is 2.18. The van der Waals surface area contributed by atoms with Crippen LogP contribution < -0.4 is 4.74 Å². The zero-order chi connectivity index (χ0) is 13.9.